The monoisotopic (exact) mass is 578 g/mol. The number of hydrogen-bond donors (Lipinski definition) is 1. The molecular weight excluding hydrogens is 548 g/mol. The van der Waals surface area contributed by atoms with Gasteiger partial charge < -0.3 is 10.1 Å². The lowest BCUT2D eigenvalue weighted by molar-refractivity contribution is 0.0360. The minimum absolute atomic E-state index is 0.0829. The Kier molecular flexibility index (Phi) is 7.20. The Bertz CT molecular complexity index is 1910. The molecule has 2 aromatic carbocycles. The van der Waals surface area contributed by atoms with Crippen LogP contribution in [0, 0.1) is 0 Å². The van der Waals surface area contributed by atoms with Crippen LogP contribution in [0.3, 0.4) is 0 Å². The molecule has 0 spiro atoms. The summed E-state index contributed by atoms with van der Waals surface area (Å²) in [6, 6.07) is 17.6. The maximum Gasteiger partial charge on any atom is 0.263 e. The highest BCUT2D eigenvalue weighted by atomic mass is 32.1. The highest BCUT2D eigenvalue weighted by molar-refractivity contribution is 7.16. The molecule has 10 nitrogen and oxygen atoms in total. The number of pyridine rings is 1. The van der Waals surface area contributed by atoms with Crippen LogP contribution >= 0.6 is 11.3 Å². The molecule has 1 atom stereocenters. The molecule has 6 aromatic rings. The van der Waals surface area contributed by atoms with Crippen LogP contribution in [0.25, 0.3) is 37.9 Å². The zero-order valence-electron chi connectivity index (χ0n) is 23.2. The van der Waals surface area contributed by atoms with Crippen molar-refractivity contribution in [3.8, 4) is 16.8 Å². The maximum atomic E-state index is 14.5. The van der Waals surface area contributed by atoms with Crippen molar-refractivity contribution in [2.24, 2.45) is 0 Å². The standard InChI is InChI=1S/C31H30N8O2S/c1-21(36-29-28-30(33-19-32-29)42-20-34-28)26-16-22-6-5-9-25(27(22)31(40)39(26)24-7-3-2-4-8-24)23-17-35-38(18-23)11-10-37-12-14-41-15-13-37/h2-9,16-21H,10-15H2,1H3,(H,32,33,36)/t21-/m0/s1. The van der Waals surface area contributed by atoms with Crippen molar-refractivity contribution in [3.63, 3.8) is 0 Å². The largest absolute Gasteiger partial charge is 0.379 e. The number of nitrogens with one attached hydrogen (secondary N) is 1. The van der Waals surface area contributed by atoms with Gasteiger partial charge in [0.05, 0.1) is 42.9 Å². The lowest BCUT2D eigenvalue weighted by Gasteiger charge is -2.26. The van der Waals surface area contributed by atoms with E-state index in [2.05, 4.69) is 36.3 Å². The number of anilines is 1. The van der Waals surface area contributed by atoms with Crippen molar-refractivity contribution in [2.45, 2.75) is 19.5 Å². The number of rotatable bonds is 8. The minimum Gasteiger partial charge on any atom is -0.379 e. The van der Waals surface area contributed by atoms with E-state index in [-0.39, 0.29) is 11.6 Å². The molecule has 0 radical (unpaired) electrons. The minimum atomic E-state index is -0.256. The topological polar surface area (TPSA) is 103 Å². The van der Waals surface area contributed by atoms with E-state index >= 15 is 0 Å². The van der Waals surface area contributed by atoms with Crippen molar-refractivity contribution in [3.05, 3.63) is 94.9 Å². The van der Waals surface area contributed by atoms with Crippen molar-refractivity contribution >= 4 is 38.3 Å². The molecule has 42 heavy (non-hydrogen) atoms. The normalized spacial score (nSPS) is 14.9. The number of morpholine rings is 1. The molecule has 0 bridgehead atoms. The van der Waals surface area contributed by atoms with Gasteiger partial charge >= 0.3 is 0 Å². The van der Waals surface area contributed by atoms with Gasteiger partial charge in [0.25, 0.3) is 5.56 Å². The van der Waals surface area contributed by atoms with Gasteiger partial charge in [-0.05, 0) is 36.1 Å². The predicted molar refractivity (Wildman–Crippen MR) is 165 cm³/mol. The number of nitrogens with zero attached hydrogens (tertiary/aromatic N) is 7. The quantitative estimate of drug-likeness (QED) is 0.276. The van der Waals surface area contributed by atoms with Crippen molar-refractivity contribution in [1.82, 2.24) is 34.2 Å². The summed E-state index contributed by atoms with van der Waals surface area (Å²) in [6.07, 6.45) is 5.42. The highest BCUT2D eigenvalue weighted by Gasteiger charge is 2.20. The van der Waals surface area contributed by atoms with E-state index in [4.69, 9.17) is 4.74 Å². The molecule has 212 valence electrons. The predicted octanol–water partition coefficient (Wildman–Crippen LogP) is 4.76. The molecule has 7 rings (SSSR count). The molecule has 4 aromatic heterocycles. The third kappa shape index (κ3) is 5.06. The number of thiazole rings is 1. The Labute approximate surface area is 246 Å². The van der Waals surface area contributed by atoms with Crippen molar-refractivity contribution in [1.29, 1.82) is 0 Å². The first-order valence-electron chi connectivity index (χ1n) is 14.0. The molecule has 0 amide bonds. The average Bonchev–Trinajstić information content (AvgIpc) is 3.71. The van der Waals surface area contributed by atoms with E-state index in [1.165, 1.54) is 17.7 Å². The lowest BCUT2D eigenvalue weighted by atomic mass is 9.99. The Balaban J connectivity index is 1.29. The SMILES string of the molecule is C[C@H](Nc1ncnc2scnc12)c1cc2cccc(-c3cnn(CCN4CCOCC4)c3)c2c(=O)n1-c1ccccc1. The summed E-state index contributed by atoms with van der Waals surface area (Å²) in [5.74, 6) is 0.638. The van der Waals surface area contributed by atoms with Crippen LogP contribution in [0.4, 0.5) is 5.82 Å². The first-order valence-corrected chi connectivity index (χ1v) is 14.9. The molecule has 11 heteroatoms. The lowest BCUT2D eigenvalue weighted by Crippen LogP contribution is -2.38. The second-order valence-corrected chi connectivity index (χ2v) is 11.2. The summed E-state index contributed by atoms with van der Waals surface area (Å²) < 4.78 is 9.22. The third-order valence-electron chi connectivity index (χ3n) is 7.71. The number of para-hydroxylation sites is 1. The van der Waals surface area contributed by atoms with E-state index in [1.54, 1.807) is 10.1 Å². The zero-order chi connectivity index (χ0) is 28.5. The first-order chi connectivity index (χ1) is 20.7. The molecule has 5 heterocycles. The molecule has 0 aliphatic carbocycles. The fourth-order valence-electron chi connectivity index (χ4n) is 5.56. The first kappa shape index (κ1) is 26.4. The van der Waals surface area contributed by atoms with Gasteiger partial charge in [-0.15, -0.1) is 11.3 Å². The third-order valence-corrected chi connectivity index (χ3v) is 8.45. The van der Waals surface area contributed by atoms with E-state index in [9.17, 15) is 4.79 Å². The van der Waals surface area contributed by atoms with Gasteiger partial charge in [-0.3, -0.25) is 18.9 Å². The van der Waals surface area contributed by atoms with Crippen LogP contribution in [0.5, 0.6) is 0 Å². The molecule has 1 N–H and O–H groups in total. The molecule has 1 saturated heterocycles. The van der Waals surface area contributed by atoms with Crippen molar-refractivity contribution in [2.75, 3.05) is 38.2 Å². The van der Waals surface area contributed by atoms with Gasteiger partial charge in [-0.2, -0.15) is 5.10 Å². The van der Waals surface area contributed by atoms with Gasteiger partial charge in [0.15, 0.2) is 5.82 Å². The Hall–Kier alpha value is -4.45. The Morgan fingerprint density at radius 1 is 1.02 bits per heavy atom. The second kappa shape index (κ2) is 11.4. The second-order valence-electron chi connectivity index (χ2n) is 10.4. The van der Waals surface area contributed by atoms with Crippen LogP contribution in [0.1, 0.15) is 18.7 Å². The molecule has 0 saturated carbocycles. The smallest absolute Gasteiger partial charge is 0.263 e. The van der Waals surface area contributed by atoms with Gasteiger partial charge in [-0.25, -0.2) is 15.0 Å². The van der Waals surface area contributed by atoms with Crippen molar-refractivity contribution < 1.29 is 4.74 Å². The van der Waals surface area contributed by atoms with Gasteiger partial charge in [0.1, 0.15) is 16.7 Å². The zero-order valence-corrected chi connectivity index (χ0v) is 24.0. The number of ether oxygens (including phenoxy) is 1. The van der Waals surface area contributed by atoms with E-state index in [1.807, 2.05) is 72.5 Å². The van der Waals surface area contributed by atoms with Crippen LogP contribution in [-0.4, -0.2) is 67.0 Å². The van der Waals surface area contributed by atoms with Gasteiger partial charge in [-0.1, -0.05) is 36.4 Å². The van der Waals surface area contributed by atoms with Gasteiger partial charge in [0.2, 0.25) is 0 Å². The van der Waals surface area contributed by atoms with E-state index in [0.29, 0.717) is 11.2 Å². The summed E-state index contributed by atoms with van der Waals surface area (Å²) in [7, 11) is 0. The van der Waals surface area contributed by atoms with E-state index < -0.39 is 0 Å². The van der Waals surface area contributed by atoms with Crippen LogP contribution in [0.15, 0.2) is 83.6 Å². The number of hydrogen-bond acceptors (Lipinski definition) is 9. The van der Waals surface area contributed by atoms with Crippen LogP contribution in [-0.2, 0) is 11.3 Å². The van der Waals surface area contributed by atoms with Crippen LogP contribution < -0.4 is 10.9 Å². The molecule has 1 aliphatic heterocycles. The maximum absolute atomic E-state index is 14.5. The van der Waals surface area contributed by atoms with E-state index in [0.717, 1.165) is 77.6 Å². The highest BCUT2D eigenvalue weighted by Crippen LogP contribution is 2.31. The number of benzene rings is 2. The summed E-state index contributed by atoms with van der Waals surface area (Å²) in [5.41, 5.74) is 5.80. The Morgan fingerprint density at radius 2 is 1.88 bits per heavy atom. The Morgan fingerprint density at radius 3 is 2.74 bits per heavy atom. The fraction of sp³-hybridized carbons (Fsp3) is 0.258. The molecule has 1 fully saturated rings. The summed E-state index contributed by atoms with van der Waals surface area (Å²) in [4.78, 5) is 30.9. The summed E-state index contributed by atoms with van der Waals surface area (Å²) in [6.45, 7) is 7.16. The molecular formula is C31H30N8O2S. The average molecular weight is 579 g/mol. The van der Waals surface area contributed by atoms with Crippen LogP contribution in [0.2, 0.25) is 0 Å². The summed E-state index contributed by atoms with van der Waals surface area (Å²) >= 11 is 1.47. The fourth-order valence-corrected chi connectivity index (χ4v) is 6.18. The number of fused-ring (bicyclic) bond motifs is 2. The number of aromatic nitrogens is 6. The summed E-state index contributed by atoms with van der Waals surface area (Å²) in [5, 5.41) is 9.65. The molecule has 0 unspecified atom stereocenters. The van der Waals surface area contributed by atoms with Gasteiger partial charge in [0, 0.05) is 42.8 Å². The molecule has 1 aliphatic rings.